The van der Waals surface area contributed by atoms with E-state index in [1.165, 1.54) is 22.3 Å². The number of carbonyl (C=O) groups excluding carboxylic acids is 1. The SMILES string of the molecule is C=CCOP(C)(=O)O[C@@H]1C[C@@H]2C[C@@H](OCCN(C)c3ccc([C@H]4C[C@@]5(C)C(CC[C@@]5(O)C#CC)C5CC=C6CC(=O)CCC6=C54)cc3)CC[C@]2(C)[C@H]2C[C@H](O)[C@]3(C)[C@@H]([C@H](C)CCC(=O)O)CC[C@H]3[C@H]12. The minimum absolute atomic E-state index is 0.0326. The molecule has 11 heteroatoms. The van der Waals surface area contributed by atoms with E-state index in [-0.39, 0.29) is 82.9 Å². The average Bonchev–Trinajstić information content (AvgIpc) is 3.80. The number of carboxylic acid groups (broad SMARTS) is 1. The van der Waals surface area contributed by atoms with Crippen LogP contribution in [-0.2, 0) is 27.9 Å². The van der Waals surface area contributed by atoms with E-state index >= 15 is 0 Å². The highest BCUT2D eigenvalue weighted by Gasteiger charge is 2.67. The van der Waals surface area contributed by atoms with Crippen LogP contribution >= 0.6 is 7.60 Å². The van der Waals surface area contributed by atoms with E-state index in [4.69, 9.17) is 13.8 Å². The molecule has 0 aromatic heterocycles. The predicted molar refractivity (Wildman–Crippen MR) is 271 cm³/mol. The first-order valence-electron chi connectivity index (χ1n) is 26.7. The summed E-state index contributed by atoms with van der Waals surface area (Å²) in [4.78, 5) is 26.5. The van der Waals surface area contributed by atoms with Crippen molar-refractivity contribution < 1.29 is 43.3 Å². The molecule has 10 nitrogen and oxygen atoms in total. The number of ketones is 1. The lowest BCUT2D eigenvalue weighted by molar-refractivity contribution is -0.205. The van der Waals surface area contributed by atoms with Gasteiger partial charge in [-0.1, -0.05) is 63.5 Å². The van der Waals surface area contributed by atoms with E-state index in [9.17, 15) is 29.5 Å². The van der Waals surface area contributed by atoms with Crippen LogP contribution in [0.15, 0.2) is 59.7 Å². The molecule has 8 aliphatic carbocycles. The third-order valence-electron chi connectivity index (χ3n) is 20.8. The molecule has 17 atom stereocenters. The number of hydrogen-bond donors (Lipinski definition) is 3. The number of ether oxygens (including phenoxy) is 1. The number of fused-ring (bicyclic) bond motifs is 9. The molecule has 1 aromatic rings. The Labute approximate surface area is 413 Å². The Morgan fingerprint density at radius 3 is 2.54 bits per heavy atom. The molecule has 69 heavy (non-hydrogen) atoms. The Balaban J connectivity index is 0.880. The zero-order chi connectivity index (χ0) is 49.3. The molecule has 0 amide bonds. The molecule has 7 saturated carbocycles. The van der Waals surface area contributed by atoms with Crippen LogP contribution < -0.4 is 4.90 Å². The Bertz CT molecular complexity index is 2310. The van der Waals surface area contributed by atoms with Crippen LogP contribution in [0.3, 0.4) is 0 Å². The van der Waals surface area contributed by atoms with Gasteiger partial charge >= 0.3 is 13.6 Å². The van der Waals surface area contributed by atoms with Crippen molar-refractivity contribution in [2.24, 2.45) is 63.6 Å². The van der Waals surface area contributed by atoms with Gasteiger partial charge in [-0.05, 0) is 177 Å². The number of likely N-dealkylation sites (N-methyl/N-ethyl adjacent to an activating group) is 1. The summed E-state index contributed by atoms with van der Waals surface area (Å²) in [6.07, 6.45) is 15.5. The summed E-state index contributed by atoms with van der Waals surface area (Å²) in [6.45, 7) is 17.8. The van der Waals surface area contributed by atoms with E-state index in [2.05, 4.69) is 88.4 Å². The van der Waals surface area contributed by atoms with Crippen LogP contribution in [0.25, 0.3) is 0 Å². The van der Waals surface area contributed by atoms with Crippen molar-refractivity contribution in [2.75, 3.05) is 38.4 Å². The minimum atomic E-state index is -3.42. The number of allylic oxidation sites excluding steroid dienone is 4. The molecule has 9 rings (SSSR count). The first-order valence-corrected chi connectivity index (χ1v) is 28.7. The fraction of sp³-hybridized carbons (Fsp3) is 0.724. The topological polar surface area (TPSA) is 143 Å². The summed E-state index contributed by atoms with van der Waals surface area (Å²) in [5.74, 6) is 7.91. The molecule has 3 N–H and O–H groups in total. The number of hydrogen-bond acceptors (Lipinski definition) is 9. The predicted octanol–water partition coefficient (Wildman–Crippen LogP) is 11.3. The number of aliphatic carboxylic acids is 1. The second-order valence-corrected chi connectivity index (χ2v) is 26.0. The van der Waals surface area contributed by atoms with E-state index in [1.54, 1.807) is 12.7 Å². The molecular formula is C58H82NO9P. The van der Waals surface area contributed by atoms with Crippen molar-refractivity contribution in [1.82, 2.24) is 0 Å². The summed E-state index contributed by atoms with van der Waals surface area (Å²) < 4.78 is 33.2. The quantitative estimate of drug-likeness (QED) is 0.0883. The molecule has 0 saturated heterocycles. The zero-order valence-corrected chi connectivity index (χ0v) is 43.6. The monoisotopic (exact) mass is 968 g/mol. The number of aliphatic hydroxyl groups excluding tert-OH is 1. The van der Waals surface area contributed by atoms with Crippen LogP contribution in [0.4, 0.5) is 5.69 Å². The molecule has 0 aliphatic heterocycles. The van der Waals surface area contributed by atoms with Crippen LogP contribution in [0, 0.1) is 75.4 Å². The molecule has 0 radical (unpaired) electrons. The van der Waals surface area contributed by atoms with Crippen molar-refractivity contribution in [2.45, 2.75) is 167 Å². The third-order valence-corrected chi connectivity index (χ3v) is 22.0. The Morgan fingerprint density at radius 1 is 1.04 bits per heavy atom. The summed E-state index contributed by atoms with van der Waals surface area (Å²) in [7, 11) is -1.29. The molecular weight excluding hydrogens is 886 g/mol. The van der Waals surface area contributed by atoms with Gasteiger partial charge < -0.3 is 34.0 Å². The standard InChI is InChI=1S/C58H82NO9P/c1-9-25-58(64)27-24-47-44-18-14-38-31-41(60)17-19-43(38)53(44)45(35-56(47,58)5)37-12-15-40(16-13-37)59(7)28-30-66-42-23-26-55(4)39(32-42)33-50(68-69(8,65)67-29-10-2)54-48-21-20-46(36(3)11-22-52(62)63)57(48,6)51(61)34-49(54)55/h10,12-16,36,39,42,44-51,54,61,64H,2,11,17-24,26-35H2,1,3-8H3,(H,62,63)/t36-,39+,42+,44?,45-,46-,47?,48+,49+,50-,51+,54+,55+,56+,57-,58+,69?/m1/s1. The maximum Gasteiger partial charge on any atom is 0.328 e. The van der Waals surface area contributed by atoms with Crippen molar-refractivity contribution in [3.05, 3.63) is 65.3 Å². The average molecular weight is 968 g/mol. The largest absolute Gasteiger partial charge is 0.481 e. The number of carboxylic acids is 1. The second kappa shape index (κ2) is 19.4. The lowest BCUT2D eigenvalue weighted by atomic mass is 9.43. The van der Waals surface area contributed by atoms with Gasteiger partial charge in [0.1, 0.15) is 11.4 Å². The van der Waals surface area contributed by atoms with Gasteiger partial charge in [-0.3, -0.25) is 14.2 Å². The number of nitrogens with zero attached hydrogens (tertiary/aromatic N) is 1. The Morgan fingerprint density at radius 2 is 1.81 bits per heavy atom. The third kappa shape index (κ3) is 9.02. The van der Waals surface area contributed by atoms with Crippen molar-refractivity contribution >= 4 is 25.0 Å². The Hall–Kier alpha value is -3.03. The highest BCUT2D eigenvalue weighted by Crippen LogP contribution is 2.71. The van der Waals surface area contributed by atoms with Crippen molar-refractivity contribution in [3.8, 4) is 11.8 Å². The normalized spacial score (nSPS) is 41.4. The Kier molecular flexibility index (Phi) is 14.3. The molecule has 3 unspecified atom stereocenters. The van der Waals surface area contributed by atoms with E-state index in [0.29, 0.717) is 56.3 Å². The van der Waals surface area contributed by atoms with Gasteiger partial charge in [-0.2, -0.15) is 0 Å². The molecule has 7 fully saturated rings. The number of anilines is 1. The summed E-state index contributed by atoms with van der Waals surface area (Å²) in [5.41, 5.74) is 4.83. The lowest BCUT2D eigenvalue weighted by Crippen LogP contribution is -2.62. The van der Waals surface area contributed by atoms with Crippen LogP contribution in [-0.4, -0.2) is 84.5 Å². The highest BCUT2D eigenvalue weighted by atomic mass is 31.2. The fourth-order valence-electron chi connectivity index (χ4n) is 17.1. The first-order chi connectivity index (χ1) is 32.8. The molecule has 0 heterocycles. The number of Topliss-reactive ketones (excluding diaryl/α,β-unsaturated/α-hetero) is 1. The maximum atomic E-state index is 14.0. The van der Waals surface area contributed by atoms with Gasteiger partial charge in [0.25, 0.3) is 0 Å². The van der Waals surface area contributed by atoms with E-state index < -0.39 is 25.3 Å². The fourth-order valence-corrected chi connectivity index (χ4v) is 18.3. The van der Waals surface area contributed by atoms with Crippen molar-refractivity contribution in [3.63, 3.8) is 0 Å². The number of benzene rings is 1. The van der Waals surface area contributed by atoms with Gasteiger partial charge in [0, 0.05) is 56.5 Å². The maximum absolute atomic E-state index is 14.0. The summed E-state index contributed by atoms with van der Waals surface area (Å²) in [6, 6.07) is 9.07. The van der Waals surface area contributed by atoms with Crippen molar-refractivity contribution in [1.29, 1.82) is 0 Å². The smallest absolute Gasteiger partial charge is 0.328 e. The van der Waals surface area contributed by atoms with E-state index in [0.717, 1.165) is 76.4 Å². The van der Waals surface area contributed by atoms with Gasteiger partial charge in [-0.25, -0.2) is 0 Å². The number of rotatable bonds is 15. The molecule has 378 valence electrons. The van der Waals surface area contributed by atoms with E-state index in [1.807, 2.05) is 6.92 Å². The number of carbonyl (C=O) groups is 2. The van der Waals surface area contributed by atoms with Gasteiger partial charge in [0.05, 0.1) is 31.5 Å². The first kappa shape index (κ1) is 50.9. The molecule has 0 bridgehead atoms. The van der Waals surface area contributed by atoms with Gasteiger partial charge in [-0.15, -0.1) is 12.5 Å². The van der Waals surface area contributed by atoms with Crippen LogP contribution in [0.5, 0.6) is 0 Å². The summed E-state index contributed by atoms with van der Waals surface area (Å²) in [5, 5.41) is 33.9. The molecule has 8 aliphatic rings. The second-order valence-electron chi connectivity index (χ2n) is 24.0. The highest BCUT2D eigenvalue weighted by molar-refractivity contribution is 7.53. The molecule has 0 spiro atoms. The van der Waals surface area contributed by atoms with Crippen LogP contribution in [0.1, 0.15) is 149 Å². The number of aliphatic hydroxyl groups is 2. The zero-order valence-electron chi connectivity index (χ0n) is 42.7. The van der Waals surface area contributed by atoms with Gasteiger partial charge in [0.15, 0.2) is 0 Å². The van der Waals surface area contributed by atoms with Crippen LogP contribution in [0.2, 0.25) is 0 Å². The molecule has 1 aromatic carbocycles. The van der Waals surface area contributed by atoms with Gasteiger partial charge in [0.2, 0.25) is 0 Å². The minimum Gasteiger partial charge on any atom is -0.481 e. The summed E-state index contributed by atoms with van der Waals surface area (Å²) >= 11 is 0. The lowest BCUT2D eigenvalue weighted by Gasteiger charge is -2.64.